The molecule has 6 heteroatoms. The Morgan fingerprint density at radius 2 is 2.21 bits per heavy atom. The fraction of sp³-hybridized carbons (Fsp3) is 0.125. The van der Waals surface area contributed by atoms with E-state index in [1.165, 1.54) is 12.3 Å². The lowest BCUT2D eigenvalue weighted by atomic mass is 10.3. The van der Waals surface area contributed by atoms with Gasteiger partial charge in [-0.05, 0) is 13.0 Å². The van der Waals surface area contributed by atoms with Crippen molar-refractivity contribution < 1.29 is 9.90 Å². The van der Waals surface area contributed by atoms with E-state index in [9.17, 15) is 4.79 Å². The quantitative estimate of drug-likeness (QED) is 0.701. The van der Waals surface area contributed by atoms with Gasteiger partial charge in [0.25, 0.3) is 0 Å². The number of aromatic carboxylic acids is 1. The number of carboxylic acid groups (broad SMARTS) is 1. The summed E-state index contributed by atoms with van der Waals surface area (Å²) >= 11 is 0. The maximum absolute atomic E-state index is 10.6. The summed E-state index contributed by atoms with van der Waals surface area (Å²) in [6.07, 6.45) is 1.23. The molecule has 0 bridgehead atoms. The first-order valence-electron chi connectivity index (χ1n) is 3.87. The number of aryl methyl sites for hydroxylation is 1. The molecule has 0 amide bonds. The Hall–Kier alpha value is -2.11. The molecule has 0 saturated heterocycles. The Balaban J connectivity index is 2.69. The molecule has 2 rings (SSSR count). The number of rotatable bonds is 1. The molecular weight excluding hydrogens is 184 g/mol. The molecule has 0 atom stereocenters. The van der Waals surface area contributed by atoms with Crippen LogP contribution in [0.3, 0.4) is 0 Å². The zero-order valence-electron chi connectivity index (χ0n) is 7.30. The molecule has 14 heavy (non-hydrogen) atoms. The van der Waals surface area contributed by atoms with Gasteiger partial charge in [-0.3, -0.25) is 0 Å². The maximum Gasteiger partial charge on any atom is 0.337 e. The fourth-order valence-corrected chi connectivity index (χ4v) is 1.04. The van der Waals surface area contributed by atoms with E-state index in [0.29, 0.717) is 17.0 Å². The van der Waals surface area contributed by atoms with Gasteiger partial charge >= 0.3 is 5.97 Å². The number of nitrogens with zero attached hydrogens (tertiary/aromatic N) is 4. The summed E-state index contributed by atoms with van der Waals surface area (Å²) in [5.74, 6) is -0.544. The van der Waals surface area contributed by atoms with Crippen molar-refractivity contribution in [3.05, 3.63) is 23.7 Å². The summed E-state index contributed by atoms with van der Waals surface area (Å²) in [6, 6.07) is 1.42. The second-order valence-corrected chi connectivity index (χ2v) is 2.73. The van der Waals surface area contributed by atoms with Gasteiger partial charge in [-0.25, -0.2) is 14.8 Å². The van der Waals surface area contributed by atoms with Crippen LogP contribution in [0.4, 0.5) is 0 Å². The normalized spacial score (nSPS) is 10.4. The minimum absolute atomic E-state index is 0.0948. The molecule has 0 fully saturated rings. The van der Waals surface area contributed by atoms with Gasteiger partial charge in [0.1, 0.15) is 11.3 Å². The minimum Gasteiger partial charge on any atom is -0.478 e. The van der Waals surface area contributed by atoms with Gasteiger partial charge in [-0.1, -0.05) is 0 Å². The number of hydrogen-bond donors (Lipinski definition) is 1. The molecule has 2 aromatic heterocycles. The molecule has 0 spiro atoms. The van der Waals surface area contributed by atoms with Gasteiger partial charge in [-0.2, -0.15) is 0 Å². The van der Waals surface area contributed by atoms with Crippen LogP contribution in [-0.2, 0) is 0 Å². The Bertz CT molecular complexity index is 512. The highest BCUT2D eigenvalue weighted by Crippen LogP contribution is 2.07. The zero-order valence-corrected chi connectivity index (χ0v) is 7.30. The van der Waals surface area contributed by atoms with Crippen molar-refractivity contribution >= 4 is 17.1 Å². The SMILES string of the molecule is Cc1nnc2ncc(C(=O)O)cc2n1. The van der Waals surface area contributed by atoms with Crippen LogP contribution in [0.5, 0.6) is 0 Å². The standard InChI is InChI=1S/C8H6N4O2/c1-4-10-6-2-5(8(13)14)3-9-7(6)12-11-4/h2-3H,1H3,(H,13,14). The molecule has 2 heterocycles. The second-order valence-electron chi connectivity index (χ2n) is 2.73. The second kappa shape index (κ2) is 2.99. The highest BCUT2D eigenvalue weighted by atomic mass is 16.4. The number of carboxylic acids is 1. The van der Waals surface area contributed by atoms with Crippen LogP contribution in [0.1, 0.15) is 16.2 Å². The van der Waals surface area contributed by atoms with E-state index in [1.807, 2.05) is 0 Å². The van der Waals surface area contributed by atoms with Crippen molar-refractivity contribution in [1.82, 2.24) is 20.2 Å². The maximum atomic E-state index is 10.6. The molecule has 0 aromatic carbocycles. The highest BCUT2D eigenvalue weighted by Gasteiger charge is 2.06. The van der Waals surface area contributed by atoms with Crippen molar-refractivity contribution in [3.8, 4) is 0 Å². The summed E-state index contributed by atoms with van der Waals surface area (Å²) in [7, 11) is 0. The molecule has 0 aliphatic rings. The van der Waals surface area contributed by atoms with Crippen LogP contribution in [0.15, 0.2) is 12.3 Å². The van der Waals surface area contributed by atoms with E-state index in [0.717, 1.165) is 0 Å². The molecule has 0 unspecified atom stereocenters. The summed E-state index contributed by atoms with van der Waals surface area (Å²) < 4.78 is 0. The molecule has 70 valence electrons. The van der Waals surface area contributed by atoms with Gasteiger partial charge in [0, 0.05) is 6.20 Å². The van der Waals surface area contributed by atoms with Gasteiger partial charge in [0.2, 0.25) is 5.65 Å². The van der Waals surface area contributed by atoms with E-state index in [-0.39, 0.29) is 5.56 Å². The summed E-state index contributed by atoms with van der Waals surface area (Å²) in [6.45, 7) is 1.68. The van der Waals surface area contributed by atoms with Crippen molar-refractivity contribution in [2.24, 2.45) is 0 Å². The summed E-state index contributed by atoms with van der Waals surface area (Å²) in [4.78, 5) is 18.5. The van der Waals surface area contributed by atoms with Crippen LogP contribution in [0.25, 0.3) is 11.2 Å². The number of pyridine rings is 1. The first kappa shape index (κ1) is 8.49. The average molecular weight is 190 g/mol. The predicted molar refractivity (Wildman–Crippen MR) is 46.8 cm³/mol. The number of aromatic nitrogens is 4. The van der Waals surface area contributed by atoms with Gasteiger partial charge in [0.05, 0.1) is 5.56 Å². The van der Waals surface area contributed by atoms with Crippen molar-refractivity contribution in [1.29, 1.82) is 0 Å². The van der Waals surface area contributed by atoms with E-state index >= 15 is 0 Å². The fourth-order valence-electron chi connectivity index (χ4n) is 1.04. The zero-order chi connectivity index (χ0) is 10.1. The molecule has 2 aromatic rings. The molecule has 0 saturated carbocycles. The minimum atomic E-state index is -1.03. The largest absolute Gasteiger partial charge is 0.478 e. The third-order valence-electron chi connectivity index (χ3n) is 1.67. The molecule has 0 radical (unpaired) electrons. The van der Waals surface area contributed by atoms with Crippen LogP contribution < -0.4 is 0 Å². The molecule has 0 aliphatic carbocycles. The van der Waals surface area contributed by atoms with Crippen molar-refractivity contribution in [2.75, 3.05) is 0 Å². The number of carbonyl (C=O) groups is 1. The highest BCUT2D eigenvalue weighted by molar-refractivity contribution is 5.90. The molecule has 6 nitrogen and oxygen atoms in total. The van der Waals surface area contributed by atoms with E-state index in [1.54, 1.807) is 6.92 Å². The van der Waals surface area contributed by atoms with Crippen LogP contribution >= 0.6 is 0 Å². The third kappa shape index (κ3) is 1.37. The van der Waals surface area contributed by atoms with E-state index in [4.69, 9.17) is 5.11 Å². The smallest absolute Gasteiger partial charge is 0.337 e. The Labute approximate surface area is 78.6 Å². The topological polar surface area (TPSA) is 88.9 Å². The first-order chi connectivity index (χ1) is 6.66. The van der Waals surface area contributed by atoms with Crippen molar-refractivity contribution in [3.63, 3.8) is 0 Å². The lowest BCUT2D eigenvalue weighted by Gasteiger charge is -1.97. The van der Waals surface area contributed by atoms with E-state index < -0.39 is 5.97 Å². The lowest BCUT2D eigenvalue weighted by Crippen LogP contribution is -2.00. The third-order valence-corrected chi connectivity index (χ3v) is 1.67. The van der Waals surface area contributed by atoms with Crippen LogP contribution in [0.2, 0.25) is 0 Å². The Morgan fingerprint density at radius 1 is 1.43 bits per heavy atom. The predicted octanol–water partition coefficient (Wildman–Crippen LogP) is 0.426. The Kier molecular flexibility index (Phi) is 1.81. The van der Waals surface area contributed by atoms with Crippen LogP contribution in [-0.4, -0.2) is 31.2 Å². The van der Waals surface area contributed by atoms with Gasteiger partial charge in [0.15, 0.2) is 0 Å². The number of hydrogen-bond acceptors (Lipinski definition) is 5. The monoisotopic (exact) mass is 190 g/mol. The van der Waals surface area contributed by atoms with Gasteiger partial charge in [-0.15, -0.1) is 10.2 Å². The molecule has 1 N–H and O–H groups in total. The lowest BCUT2D eigenvalue weighted by molar-refractivity contribution is 0.0696. The number of fused-ring (bicyclic) bond motifs is 1. The summed E-state index contributed by atoms with van der Waals surface area (Å²) in [5.41, 5.74) is 0.885. The summed E-state index contributed by atoms with van der Waals surface area (Å²) in [5, 5.41) is 16.2. The average Bonchev–Trinajstić information content (AvgIpc) is 2.16. The first-order valence-corrected chi connectivity index (χ1v) is 3.87. The Morgan fingerprint density at radius 3 is 2.93 bits per heavy atom. The molecule has 0 aliphatic heterocycles. The van der Waals surface area contributed by atoms with Crippen molar-refractivity contribution in [2.45, 2.75) is 6.92 Å². The van der Waals surface area contributed by atoms with Gasteiger partial charge < -0.3 is 5.11 Å². The van der Waals surface area contributed by atoms with Crippen LogP contribution in [0, 0.1) is 6.92 Å². The molecular formula is C8H6N4O2. The van der Waals surface area contributed by atoms with E-state index in [2.05, 4.69) is 20.2 Å².